The first-order valence-corrected chi connectivity index (χ1v) is 13.1. The number of nitrogens with zero attached hydrogens (tertiary/aromatic N) is 2. The fourth-order valence-electron chi connectivity index (χ4n) is 3.79. The van der Waals surface area contributed by atoms with E-state index in [1.165, 1.54) is 27.6 Å². The van der Waals surface area contributed by atoms with Crippen molar-refractivity contribution in [1.82, 2.24) is 10.2 Å². The van der Waals surface area contributed by atoms with E-state index in [0.717, 1.165) is 39.2 Å². The molecule has 4 heteroatoms. The molecule has 0 aliphatic rings. The van der Waals surface area contributed by atoms with Crippen LogP contribution in [0.5, 0.6) is 0 Å². The van der Waals surface area contributed by atoms with E-state index in [1.807, 2.05) is 37.4 Å². The van der Waals surface area contributed by atoms with Crippen LogP contribution >= 0.6 is 11.6 Å². The van der Waals surface area contributed by atoms with Crippen molar-refractivity contribution in [3.05, 3.63) is 111 Å². The van der Waals surface area contributed by atoms with Gasteiger partial charge >= 0.3 is 0 Å². The molecule has 1 aromatic heterocycles. The van der Waals surface area contributed by atoms with Crippen molar-refractivity contribution in [3.63, 3.8) is 0 Å². The molecule has 0 amide bonds. The van der Waals surface area contributed by atoms with Crippen molar-refractivity contribution >= 4 is 39.9 Å². The number of aromatic amines is 1. The Hall–Kier alpha value is -3.87. The van der Waals surface area contributed by atoms with Crippen LogP contribution in [0.15, 0.2) is 77.9 Å². The number of benzene rings is 3. The number of H-pyrrole nitrogens is 1. The summed E-state index contributed by atoms with van der Waals surface area (Å²) in [6.45, 7) is 12.5. The Kier molecular flexibility index (Phi) is 12.3. The molecule has 3 nitrogen and oxygen atoms in total. The van der Waals surface area contributed by atoms with Crippen LogP contribution in [-0.4, -0.2) is 23.5 Å². The van der Waals surface area contributed by atoms with Gasteiger partial charge in [-0.2, -0.15) is 5.10 Å². The van der Waals surface area contributed by atoms with Crippen molar-refractivity contribution in [1.29, 1.82) is 0 Å². The number of aliphatic imine (C=N–C) groups is 1. The summed E-state index contributed by atoms with van der Waals surface area (Å²) >= 11 is 6.38. The fraction of sp³-hybridized carbons (Fsp3) is 0.235. The largest absolute Gasteiger partial charge is 0.297 e. The minimum atomic E-state index is 0.807. The number of hydrogen-bond donors (Lipinski definition) is 1. The maximum Gasteiger partial charge on any atom is 0.0652 e. The van der Waals surface area contributed by atoms with Gasteiger partial charge in [0.1, 0.15) is 0 Å². The predicted octanol–water partition coefficient (Wildman–Crippen LogP) is 9.28. The summed E-state index contributed by atoms with van der Waals surface area (Å²) in [5.74, 6) is 2.58. The van der Waals surface area contributed by atoms with Crippen LogP contribution in [0, 0.1) is 26.2 Å². The van der Waals surface area contributed by atoms with Gasteiger partial charge in [0, 0.05) is 29.2 Å². The molecule has 0 bridgehead atoms. The van der Waals surface area contributed by atoms with Crippen LogP contribution < -0.4 is 0 Å². The summed E-state index contributed by atoms with van der Waals surface area (Å²) in [5.41, 5.74) is 10.5. The number of rotatable bonds is 4. The lowest BCUT2D eigenvalue weighted by Gasteiger charge is -2.12. The van der Waals surface area contributed by atoms with Gasteiger partial charge in [0.05, 0.1) is 11.7 Å². The lowest BCUT2D eigenvalue weighted by Crippen LogP contribution is -1.91. The lowest BCUT2D eigenvalue weighted by atomic mass is 9.96. The molecule has 3 aromatic carbocycles. The molecule has 0 aliphatic heterocycles. The molecule has 0 atom stereocenters. The maximum absolute atomic E-state index is 6.38. The molecule has 0 unspecified atom stereocenters. The molecule has 4 aromatic rings. The van der Waals surface area contributed by atoms with E-state index in [0.29, 0.717) is 0 Å². The highest BCUT2D eigenvalue weighted by atomic mass is 35.5. The molecule has 0 saturated heterocycles. The molecule has 1 N–H and O–H groups in total. The number of fused-ring (bicyclic) bond motifs is 1. The van der Waals surface area contributed by atoms with Gasteiger partial charge in [0.15, 0.2) is 0 Å². The molecule has 1 heterocycles. The average molecular weight is 524 g/mol. The summed E-state index contributed by atoms with van der Waals surface area (Å²) in [6.07, 6.45) is 14.0. The first-order chi connectivity index (χ1) is 18.2. The molecule has 0 radical (unpaired) electrons. The van der Waals surface area contributed by atoms with E-state index in [-0.39, 0.29) is 0 Å². The number of aryl methyl sites for hydroxylation is 3. The minimum Gasteiger partial charge on any atom is -0.297 e. The van der Waals surface area contributed by atoms with E-state index in [9.17, 15) is 0 Å². The lowest BCUT2D eigenvalue weighted by molar-refractivity contribution is 1.12. The number of nitrogens with one attached hydrogen (secondary N) is 1. The third-order valence-electron chi connectivity index (χ3n) is 6.17. The van der Waals surface area contributed by atoms with Crippen molar-refractivity contribution in [3.8, 4) is 12.3 Å². The van der Waals surface area contributed by atoms with Gasteiger partial charge in [-0.15, -0.1) is 6.42 Å². The van der Waals surface area contributed by atoms with Crippen LogP contribution in [0.2, 0.25) is 5.02 Å². The van der Waals surface area contributed by atoms with E-state index < -0.39 is 0 Å². The Bertz CT molecular complexity index is 1440. The third kappa shape index (κ3) is 8.91. The fourth-order valence-corrected chi connectivity index (χ4v) is 4.20. The Morgan fingerprint density at radius 2 is 1.76 bits per heavy atom. The standard InChI is InChI=1S/C16H20ClN.C10H10.C8H8N2/c1-6-11(2)16-13(4)9-14(10-15(16)17)12(3)7-8-18-5;1-3-9-5-7-10(4-2)8-6-9;1-6-2-3-7-5-9-10-8(7)4-6/h6-10H,1-5H3;1,5-8H,4H2,2H3;2-5H,1H3,(H,9,10)/b11-6-,12-7+,18-8?;;. The SMILES string of the molecule is C#Cc1ccc(CC)cc1.C/C=C(/C)c1c(C)cc(/C(C)=C/C=NC)cc1Cl.Cc1ccc2cn[nH]c2c1. The van der Waals surface area contributed by atoms with Crippen LogP contribution in [0.25, 0.3) is 22.0 Å². The quantitative estimate of drug-likeness (QED) is 0.210. The first-order valence-electron chi connectivity index (χ1n) is 12.7. The van der Waals surface area contributed by atoms with E-state index in [1.54, 1.807) is 13.3 Å². The molecule has 0 fully saturated rings. The van der Waals surface area contributed by atoms with Crippen molar-refractivity contribution in [2.45, 2.75) is 48.0 Å². The number of aromatic nitrogens is 2. The summed E-state index contributed by atoms with van der Waals surface area (Å²) in [4.78, 5) is 3.96. The molecule has 0 saturated carbocycles. The third-order valence-corrected chi connectivity index (χ3v) is 6.47. The van der Waals surface area contributed by atoms with Gasteiger partial charge in [0.25, 0.3) is 0 Å². The molecule has 4 rings (SSSR count). The van der Waals surface area contributed by atoms with Gasteiger partial charge in [-0.05, 0) is 110 Å². The highest BCUT2D eigenvalue weighted by molar-refractivity contribution is 6.32. The van der Waals surface area contributed by atoms with Crippen molar-refractivity contribution < 1.29 is 0 Å². The highest BCUT2D eigenvalue weighted by Gasteiger charge is 2.08. The number of terminal acetylenes is 1. The molecule has 0 spiro atoms. The first kappa shape index (κ1) is 30.4. The Labute approximate surface area is 233 Å². The van der Waals surface area contributed by atoms with Crippen LogP contribution in [0.3, 0.4) is 0 Å². The van der Waals surface area contributed by atoms with Gasteiger partial charge in [-0.3, -0.25) is 10.1 Å². The second-order valence-corrected chi connectivity index (χ2v) is 9.44. The predicted molar refractivity (Wildman–Crippen MR) is 168 cm³/mol. The summed E-state index contributed by atoms with van der Waals surface area (Å²) in [7, 11) is 1.76. The zero-order chi connectivity index (χ0) is 28.1. The Morgan fingerprint density at radius 1 is 1.05 bits per heavy atom. The van der Waals surface area contributed by atoms with E-state index >= 15 is 0 Å². The van der Waals surface area contributed by atoms with E-state index in [4.69, 9.17) is 18.0 Å². The molecule has 38 heavy (non-hydrogen) atoms. The van der Waals surface area contributed by atoms with Crippen LogP contribution in [-0.2, 0) is 6.42 Å². The zero-order valence-corrected chi connectivity index (χ0v) is 24.3. The van der Waals surface area contributed by atoms with Gasteiger partial charge in [0.2, 0.25) is 0 Å². The monoisotopic (exact) mass is 523 g/mol. The maximum atomic E-state index is 6.38. The van der Waals surface area contributed by atoms with Gasteiger partial charge < -0.3 is 0 Å². The summed E-state index contributed by atoms with van der Waals surface area (Å²) < 4.78 is 0. The van der Waals surface area contributed by atoms with E-state index in [2.05, 4.69) is 98.2 Å². The van der Waals surface area contributed by atoms with Crippen LogP contribution in [0.1, 0.15) is 61.1 Å². The summed E-state index contributed by atoms with van der Waals surface area (Å²) in [6, 6.07) is 18.5. The van der Waals surface area contributed by atoms with Crippen molar-refractivity contribution in [2.75, 3.05) is 7.05 Å². The number of hydrogen-bond acceptors (Lipinski definition) is 2. The van der Waals surface area contributed by atoms with Crippen LogP contribution in [0.4, 0.5) is 0 Å². The van der Waals surface area contributed by atoms with Gasteiger partial charge in [-0.25, -0.2) is 0 Å². The molecular weight excluding hydrogens is 486 g/mol. The minimum absolute atomic E-state index is 0.807. The highest BCUT2D eigenvalue weighted by Crippen LogP contribution is 2.30. The molecular formula is C34H38ClN3. The number of allylic oxidation sites excluding steroid dienone is 4. The Balaban J connectivity index is 0.000000214. The zero-order valence-electron chi connectivity index (χ0n) is 23.6. The smallest absolute Gasteiger partial charge is 0.0652 e. The Morgan fingerprint density at radius 3 is 2.34 bits per heavy atom. The molecule has 196 valence electrons. The van der Waals surface area contributed by atoms with Crippen molar-refractivity contribution in [2.24, 2.45) is 4.99 Å². The molecule has 0 aliphatic carbocycles. The number of halogens is 1. The average Bonchev–Trinajstić information content (AvgIpc) is 3.39. The normalized spacial score (nSPS) is 11.4. The topological polar surface area (TPSA) is 41.0 Å². The van der Waals surface area contributed by atoms with Gasteiger partial charge in [-0.1, -0.05) is 60.9 Å². The second-order valence-electron chi connectivity index (χ2n) is 9.03. The summed E-state index contributed by atoms with van der Waals surface area (Å²) in [5, 5.41) is 8.81. The second kappa shape index (κ2) is 15.4.